The van der Waals surface area contributed by atoms with Gasteiger partial charge < -0.3 is 15.2 Å². The Balaban J connectivity index is 2.64. The van der Waals surface area contributed by atoms with Gasteiger partial charge in [0, 0.05) is 17.1 Å². The van der Waals surface area contributed by atoms with E-state index in [1.165, 1.54) is 0 Å². The van der Waals surface area contributed by atoms with Crippen molar-refractivity contribution in [3.05, 3.63) is 28.2 Å². The van der Waals surface area contributed by atoms with Crippen LogP contribution in [0, 0.1) is 0 Å². The van der Waals surface area contributed by atoms with Gasteiger partial charge in [-0.15, -0.1) is 0 Å². The molecule has 1 unspecified atom stereocenters. The molecule has 0 aliphatic carbocycles. The summed E-state index contributed by atoms with van der Waals surface area (Å²) in [5.74, 6) is 0.827. The van der Waals surface area contributed by atoms with E-state index in [0.29, 0.717) is 13.2 Å². The third kappa shape index (κ3) is 4.66. The summed E-state index contributed by atoms with van der Waals surface area (Å²) in [6, 6.07) is 5.88. The molecule has 0 saturated heterocycles. The number of hydrogen-bond acceptors (Lipinski definition) is 3. The van der Waals surface area contributed by atoms with Crippen LogP contribution < -0.4 is 10.5 Å². The van der Waals surface area contributed by atoms with E-state index in [0.717, 1.165) is 15.8 Å². The molecule has 0 aliphatic rings. The second-order valence-electron chi connectivity index (χ2n) is 4.06. The molecule has 2 atom stereocenters. The van der Waals surface area contributed by atoms with E-state index >= 15 is 0 Å². The normalized spacial score (nSPS) is 14.4. The van der Waals surface area contributed by atoms with E-state index in [4.69, 9.17) is 15.2 Å². The van der Waals surface area contributed by atoms with Crippen molar-refractivity contribution in [2.45, 2.75) is 32.9 Å². The van der Waals surface area contributed by atoms with Crippen LogP contribution in [-0.4, -0.2) is 19.3 Å². The van der Waals surface area contributed by atoms with Gasteiger partial charge in [-0.2, -0.15) is 0 Å². The summed E-state index contributed by atoms with van der Waals surface area (Å²) in [6.45, 7) is 7.23. The first kappa shape index (κ1) is 14.5. The summed E-state index contributed by atoms with van der Waals surface area (Å²) in [5, 5.41) is 0. The minimum atomic E-state index is 0.0132. The van der Waals surface area contributed by atoms with Crippen LogP contribution in [0.2, 0.25) is 0 Å². The highest BCUT2D eigenvalue weighted by atomic mass is 79.9. The molecule has 0 saturated carbocycles. The lowest BCUT2D eigenvalue weighted by Crippen LogP contribution is -2.19. The smallest absolute Gasteiger partial charge is 0.120 e. The highest BCUT2D eigenvalue weighted by molar-refractivity contribution is 9.10. The van der Waals surface area contributed by atoms with Crippen molar-refractivity contribution in [2.75, 3.05) is 13.2 Å². The molecule has 0 aromatic heterocycles. The fourth-order valence-electron chi connectivity index (χ4n) is 1.50. The molecule has 0 aliphatic heterocycles. The Labute approximate surface area is 111 Å². The maximum Gasteiger partial charge on any atom is 0.120 e. The number of hydrogen-bond donors (Lipinski definition) is 1. The van der Waals surface area contributed by atoms with Crippen molar-refractivity contribution >= 4 is 15.9 Å². The standard InChI is InChI=1S/C13H20BrNO2/c1-4-16-8-9(2)17-11-5-6-12(10(3)15)13(14)7-11/h5-7,9-10H,4,8,15H2,1-3H3/t9?,10-/m0/s1. The molecule has 17 heavy (non-hydrogen) atoms. The molecule has 2 N–H and O–H groups in total. The summed E-state index contributed by atoms with van der Waals surface area (Å²) in [7, 11) is 0. The van der Waals surface area contributed by atoms with Crippen LogP contribution in [0.3, 0.4) is 0 Å². The van der Waals surface area contributed by atoms with E-state index in [2.05, 4.69) is 15.9 Å². The van der Waals surface area contributed by atoms with E-state index < -0.39 is 0 Å². The van der Waals surface area contributed by atoms with Crippen LogP contribution in [0.15, 0.2) is 22.7 Å². The van der Waals surface area contributed by atoms with Gasteiger partial charge in [0.1, 0.15) is 11.9 Å². The Bertz CT molecular complexity index is 355. The lowest BCUT2D eigenvalue weighted by Gasteiger charge is -2.16. The molecule has 1 aromatic rings. The van der Waals surface area contributed by atoms with Crippen LogP contribution in [0.25, 0.3) is 0 Å². The lowest BCUT2D eigenvalue weighted by atomic mass is 10.1. The molecule has 0 fully saturated rings. The average Bonchev–Trinajstić information content (AvgIpc) is 2.26. The minimum absolute atomic E-state index is 0.0132. The number of halogens is 1. The first-order valence-electron chi connectivity index (χ1n) is 5.84. The lowest BCUT2D eigenvalue weighted by molar-refractivity contribution is 0.0657. The quantitative estimate of drug-likeness (QED) is 0.877. The molecule has 0 amide bonds. The molecule has 3 nitrogen and oxygen atoms in total. The Morgan fingerprint density at radius 3 is 2.59 bits per heavy atom. The van der Waals surface area contributed by atoms with Crippen molar-refractivity contribution in [2.24, 2.45) is 5.73 Å². The summed E-state index contributed by atoms with van der Waals surface area (Å²) >= 11 is 3.50. The Morgan fingerprint density at radius 2 is 2.06 bits per heavy atom. The van der Waals surface area contributed by atoms with Gasteiger partial charge in [0.25, 0.3) is 0 Å². The average molecular weight is 302 g/mol. The summed E-state index contributed by atoms with van der Waals surface area (Å²) in [4.78, 5) is 0. The zero-order valence-corrected chi connectivity index (χ0v) is 12.2. The van der Waals surface area contributed by atoms with Gasteiger partial charge >= 0.3 is 0 Å². The molecule has 1 aromatic carbocycles. The van der Waals surface area contributed by atoms with E-state index in [9.17, 15) is 0 Å². The molecule has 0 radical (unpaired) electrons. The third-order valence-electron chi connectivity index (χ3n) is 2.36. The van der Waals surface area contributed by atoms with Gasteiger partial charge in [0.05, 0.1) is 6.61 Å². The maximum absolute atomic E-state index is 5.84. The zero-order chi connectivity index (χ0) is 12.8. The van der Waals surface area contributed by atoms with Crippen LogP contribution in [0.5, 0.6) is 5.75 Å². The predicted octanol–water partition coefficient (Wildman–Crippen LogP) is 3.27. The third-order valence-corrected chi connectivity index (χ3v) is 3.04. The van der Waals surface area contributed by atoms with Crippen molar-refractivity contribution in [1.82, 2.24) is 0 Å². The van der Waals surface area contributed by atoms with Crippen molar-refractivity contribution in [3.63, 3.8) is 0 Å². The second-order valence-corrected chi connectivity index (χ2v) is 4.91. The predicted molar refractivity (Wildman–Crippen MR) is 73.3 cm³/mol. The summed E-state index contributed by atoms with van der Waals surface area (Å²) in [6.07, 6.45) is 0.0444. The van der Waals surface area contributed by atoms with E-state index in [1.807, 2.05) is 39.0 Å². The van der Waals surface area contributed by atoms with Gasteiger partial charge in [-0.25, -0.2) is 0 Å². The van der Waals surface area contributed by atoms with Crippen molar-refractivity contribution in [1.29, 1.82) is 0 Å². The van der Waals surface area contributed by atoms with E-state index in [-0.39, 0.29) is 12.1 Å². The number of rotatable bonds is 6. The number of benzene rings is 1. The second kappa shape index (κ2) is 6.99. The summed E-state index contributed by atoms with van der Waals surface area (Å²) in [5.41, 5.74) is 6.92. The largest absolute Gasteiger partial charge is 0.488 e. The number of nitrogens with two attached hydrogens (primary N) is 1. The topological polar surface area (TPSA) is 44.5 Å². The van der Waals surface area contributed by atoms with Gasteiger partial charge in [-0.1, -0.05) is 22.0 Å². The summed E-state index contributed by atoms with van der Waals surface area (Å²) < 4.78 is 12.0. The van der Waals surface area contributed by atoms with E-state index in [1.54, 1.807) is 0 Å². The Morgan fingerprint density at radius 1 is 1.35 bits per heavy atom. The van der Waals surface area contributed by atoms with Crippen LogP contribution in [0.4, 0.5) is 0 Å². The fraction of sp³-hybridized carbons (Fsp3) is 0.538. The first-order chi connectivity index (χ1) is 8.04. The minimum Gasteiger partial charge on any atom is -0.488 e. The molecular weight excluding hydrogens is 282 g/mol. The molecular formula is C13H20BrNO2. The molecule has 4 heteroatoms. The number of ether oxygens (including phenoxy) is 2. The van der Waals surface area contributed by atoms with Crippen molar-refractivity contribution < 1.29 is 9.47 Å². The Hall–Kier alpha value is -0.580. The highest BCUT2D eigenvalue weighted by Crippen LogP contribution is 2.27. The first-order valence-corrected chi connectivity index (χ1v) is 6.63. The van der Waals surface area contributed by atoms with Crippen LogP contribution >= 0.6 is 15.9 Å². The SMILES string of the molecule is CCOCC(C)Oc1ccc([C@H](C)N)c(Br)c1. The van der Waals surface area contributed by atoms with Gasteiger partial charge in [0.15, 0.2) is 0 Å². The monoisotopic (exact) mass is 301 g/mol. The fourth-order valence-corrected chi connectivity index (χ4v) is 2.22. The molecule has 0 bridgehead atoms. The highest BCUT2D eigenvalue weighted by Gasteiger charge is 2.08. The molecule has 0 heterocycles. The van der Waals surface area contributed by atoms with Crippen LogP contribution in [-0.2, 0) is 4.74 Å². The van der Waals surface area contributed by atoms with Crippen molar-refractivity contribution in [3.8, 4) is 5.75 Å². The Kier molecular flexibility index (Phi) is 5.95. The van der Waals surface area contributed by atoms with Crippen LogP contribution in [0.1, 0.15) is 32.4 Å². The maximum atomic E-state index is 5.84. The van der Waals surface area contributed by atoms with Gasteiger partial charge in [-0.05, 0) is 38.5 Å². The molecule has 0 spiro atoms. The molecule has 1 rings (SSSR count). The van der Waals surface area contributed by atoms with Gasteiger partial charge in [-0.3, -0.25) is 0 Å². The van der Waals surface area contributed by atoms with Gasteiger partial charge in [0.2, 0.25) is 0 Å². The molecule has 96 valence electrons. The zero-order valence-electron chi connectivity index (χ0n) is 10.6.